The average molecular weight is 468 g/mol. The van der Waals surface area contributed by atoms with Crippen LogP contribution in [0.1, 0.15) is 60.6 Å². The van der Waals surface area contributed by atoms with Gasteiger partial charge in [-0.05, 0) is 38.3 Å². The van der Waals surface area contributed by atoms with Crippen LogP contribution in [0.25, 0.3) is 10.9 Å². The van der Waals surface area contributed by atoms with Crippen molar-refractivity contribution in [3.63, 3.8) is 0 Å². The first-order valence-electron chi connectivity index (χ1n) is 11.6. The van der Waals surface area contributed by atoms with Crippen LogP contribution in [0.4, 0.5) is 4.79 Å². The first-order valence-corrected chi connectivity index (χ1v) is 11.6. The van der Waals surface area contributed by atoms with Crippen molar-refractivity contribution in [1.29, 1.82) is 0 Å². The number of carbonyl (C=O) groups excluding carboxylic acids is 4. The van der Waals surface area contributed by atoms with Crippen molar-refractivity contribution in [3.05, 3.63) is 41.1 Å². The SMILES string of the molecule is CCOC(=O)c1c(COC(=O)CN2C(=O)N(C)C3(CCCCC3)C2=O)nc2ccccc2c1C. The number of aryl methyl sites for hydroxylation is 1. The molecular formula is C25H29N3O6. The molecule has 0 unspecified atom stereocenters. The molecule has 1 aliphatic heterocycles. The van der Waals surface area contributed by atoms with Crippen molar-refractivity contribution in [2.45, 2.75) is 58.1 Å². The summed E-state index contributed by atoms with van der Waals surface area (Å²) in [5.41, 5.74) is 1.00. The highest BCUT2D eigenvalue weighted by Gasteiger charge is 2.56. The van der Waals surface area contributed by atoms with Crippen LogP contribution in [0.5, 0.6) is 0 Å². The molecule has 180 valence electrons. The highest BCUT2D eigenvalue weighted by molar-refractivity contribution is 6.08. The molecule has 1 aliphatic carbocycles. The smallest absolute Gasteiger partial charge is 0.340 e. The molecule has 0 radical (unpaired) electrons. The third-order valence-corrected chi connectivity index (χ3v) is 6.85. The number of pyridine rings is 1. The minimum atomic E-state index is -0.857. The molecule has 2 heterocycles. The Labute approximate surface area is 198 Å². The predicted molar refractivity (Wildman–Crippen MR) is 123 cm³/mol. The van der Waals surface area contributed by atoms with Gasteiger partial charge in [-0.1, -0.05) is 37.5 Å². The molecule has 2 aliphatic rings. The van der Waals surface area contributed by atoms with Crippen molar-refractivity contribution in [3.8, 4) is 0 Å². The van der Waals surface area contributed by atoms with E-state index in [1.165, 1.54) is 4.90 Å². The molecule has 1 spiro atoms. The number of rotatable bonds is 6. The molecule has 9 heteroatoms. The first-order chi connectivity index (χ1) is 16.3. The van der Waals surface area contributed by atoms with Crippen LogP contribution < -0.4 is 0 Å². The number of hydrogen-bond acceptors (Lipinski definition) is 7. The van der Waals surface area contributed by atoms with Crippen molar-refractivity contribution in [2.75, 3.05) is 20.2 Å². The van der Waals surface area contributed by atoms with Gasteiger partial charge >= 0.3 is 18.0 Å². The van der Waals surface area contributed by atoms with E-state index < -0.39 is 30.1 Å². The van der Waals surface area contributed by atoms with Crippen molar-refractivity contribution < 1.29 is 28.7 Å². The minimum Gasteiger partial charge on any atom is -0.462 e. The molecule has 4 rings (SSSR count). The van der Waals surface area contributed by atoms with Gasteiger partial charge in [-0.15, -0.1) is 0 Å². The maximum absolute atomic E-state index is 13.1. The number of benzene rings is 1. The second kappa shape index (κ2) is 9.40. The number of aromatic nitrogens is 1. The topological polar surface area (TPSA) is 106 Å². The molecule has 1 saturated heterocycles. The lowest BCUT2D eigenvalue weighted by Crippen LogP contribution is -2.49. The van der Waals surface area contributed by atoms with E-state index in [9.17, 15) is 19.2 Å². The fourth-order valence-electron chi connectivity index (χ4n) is 5.01. The van der Waals surface area contributed by atoms with Gasteiger partial charge in [-0.25, -0.2) is 14.6 Å². The molecule has 9 nitrogen and oxygen atoms in total. The zero-order valence-electron chi connectivity index (χ0n) is 19.8. The Kier molecular flexibility index (Phi) is 6.54. The largest absolute Gasteiger partial charge is 0.462 e. The quantitative estimate of drug-likeness (QED) is 0.474. The Bertz CT molecular complexity index is 1150. The third kappa shape index (κ3) is 3.99. The van der Waals surface area contributed by atoms with Crippen LogP contribution in [0.15, 0.2) is 24.3 Å². The van der Waals surface area contributed by atoms with Crippen LogP contribution >= 0.6 is 0 Å². The maximum Gasteiger partial charge on any atom is 0.340 e. The summed E-state index contributed by atoms with van der Waals surface area (Å²) >= 11 is 0. The monoisotopic (exact) mass is 467 g/mol. The third-order valence-electron chi connectivity index (χ3n) is 6.85. The number of nitrogens with zero attached hydrogens (tertiary/aromatic N) is 3. The normalized spacial score (nSPS) is 17.5. The second-order valence-electron chi connectivity index (χ2n) is 8.78. The first kappa shape index (κ1) is 23.7. The van der Waals surface area contributed by atoms with E-state index in [4.69, 9.17) is 9.47 Å². The molecule has 34 heavy (non-hydrogen) atoms. The molecular weight excluding hydrogens is 438 g/mol. The van der Waals surface area contributed by atoms with Gasteiger partial charge < -0.3 is 14.4 Å². The molecule has 0 bridgehead atoms. The molecule has 3 amide bonds. The predicted octanol–water partition coefficient (Wildman–Crippen LogP) is 3.36. The van der Waals surface area contributed by atoms with Gasteiger partial charge in [0.25, 0.3) is 5.91 Å². The van der Waals surface area contributed by atoms with Crippen LogP contribution in [-0.4, -0.2) is 64.4 Å². The van der Waals surface area contributed by atoms with Crippen molar-refractivity contribution >= 4 is 34.8 Å². The standard InChI is InChI=1S/C25H29N3O6/c1-4-33-22(30)21-16(2)17-10-6-7-11-18(17)26-19(21)15-34-20(29)14-28-23(31)25(27(3)24(28)32)12-8-5-9-13-25/h6-7,10-11H,4-5,8-9,12-15H2,1-3H3. The Balaban J connectivity index is 1.52. The summed E-state index contributed by atoms with van der Waals surface area (Å²) in [6, 6.07) is 6.86. The lowest BCUT2D eigenvalue weighted by molar-refractivity contribution is -0.149. The average Bonchev–Trinajstić information content (AvgIpc) is 2.99. The zero-order chi connectivity index (χ0) is 24.5. The number of esters is 2. The molecule has 1 saturated carbocycles. The number of carbonyl (C=O) groups is 4. The van der Waals surface area contributed by atoms with Crippen LogP contribution in [0, 0.1) is 6.92 Å². The van der Waals surface area contributed by atoms with E-state index >= 15 is 0 Å². The van der Waals surface area contributed by atoms with Gasteiger partial charge in [0.15, 0.2) is 0 Å². The summed E-state index contributed by atoms with van der Waals surface area (Å²) < 4.78 is 10.6. The van der Waals surface area contributed by atoms with Gasteiger partial charge in [0, 0.05) is 12.4 Å². The number of likely N-dealkylation sites (N-methyl/N-ethyl adjacent to an activating group) is 1. The van der Waals surface area contributed by atoms with E-state index in [1.54, 1.807) is 20.9 Å². The summed E-state index contributed by atoms with van der Waals surface area (Å²) in [7, 11) is 1.62. The van der Waals surface area contributed by atoms with E-state index in [-0.39, 0.29) is 30.4 Å². The van der Waals surface area contributed by atoms with Gasteiger partial charge in [0.05, 0.1) is 23.4 Å². The fourth-order valence-corrected chi connectivity index (χ4v) is 5.01. The highest BCUT2D eigenvalue weighted by Crippen LogP contribution is 2.39. The van der Waals surface area contributed by atoms with E-state index in [0.717, 1.165) is 29.5 Å². The van der Waals surface area contributed by atoms with Crippen LogP contribution in [0.3, 0.4) is 0 Å². The lowest BCUT2D eigenvalue weighted by atomic mass is 9.81. The summed E-state index contributed by atoms with van der Waals surface area (Å²) in [4.78, 5) is 58.1. The number of fused-ring (bicyclic) bond motifs is 1. The van der Waals surface area contributed by atoms with Crippen molar-refractivity contribution in [1.82, 2.24) is 14.8 Å². The zero-order valence-corrected chi connectivity index (χ0v) is 19.8. The minimum absolute atomic E-state index is 0.193. The van der Waals surface area contributed by atoms with Gasteiger partial charge in [-0.3, -0.25) is 14.5 Å². The fraction of sp³-hybridized carbons (Fsp3) is 0.480. The van der Waals surface area contributed by atoms with Crippen LogP contribution in [-0.2, 0) is 25.7 Å². The highest BCUT2D eigenvalue weighted by atomic mass is 16.5. The molecule has 0 N–H and O–H groups in total. The number of imide groups is 1. The Morgan fingerprint density at radius 1 is 1.09 bits per heavy atom. The summed E-state index contributed by atoms with van der Waals surface area (Å²) in [6.07, 6.45) is 3.96. The molecule has 0 atom stereocenters. The summed E-state index contributed by atoms with van der Waals surface area (Å²) in [6.45, 7) is 2.93. The number of urea groups is 1. The van der Waals surface area contributed by atoms with Gasteiger partial charge in [0.1, 0.15) is 18.7 Å². The molecule has 2 fully saturated rings. The number of para-hydroxylation sites is 1. The Morgan fingerprint density at radius 2 is 1.79 bits per heavy atom. The summed E-state index contributed by atoms with van der Waals surface area (Å²) in [5, 5.41) is 0.801. The van der Waals surface area contributed by atoms with E-state index in [0.29, 0.717) is 23.9 Å². The second-order valence-corrected chi connectivity index (χ2v) is 8.78. The van der Waals surface area contributed by atoms with Crippen molar-refractivity contribution in [2.24, 2.45) is 0 Å². The lowest BCUT2D eigenvalue weighted by Gasteiger charge is -2.35. The molecule has 1 aromatic heterocycles. The van der Waals surface area contributed by atoms with Gasteiger partial charge in [0.2, 0.25) is 0 Å². The van der Waals surface area contributed by atoms with Gasteiger partial charge in [-0.2, -0.15) is 0 Å². The number of amides is 3. The maximum atomic E-state index is 13.1. The Hall–Kier alpha value is -3.49. The number of ether oxygens (including phenoxy) is 2. The van der Waals surface area contributed by atoms with Crippen LogP contribution in [0.2, 0.25) is 0 Å². The van der Waals surface area contributed by atoms with E-state index in [1.807, 2.05) is 24.3 Å². The number of hydrogen-bond donors (Lipinski definition) is 0. The van der Waals surface area contributed by atoms with E-state index in [2.05, 4.69) is 4.98 Å². The molecule has 1 aromatic carbocycles. The summed E-state index contributed by atoms with van der Waals surface area (Å²) in [5.74, 6) is -1.64. The molecule has 2 aromatic rings. The Morgan fingerprint density at radius 3 is 2.50 bits per heavy atom.